The number of halogens is 1. The van der Waals surface area contributed by atoms with E-state index in [1.807, 2.05) is 0 Å². The van der Waals surface area contributed by atoms with E-state index in [4.69, 9.17) is 12.2 Å². The Bertz CT molecular complexity index is 609. The normalized spacial score (nSPS) is 11.6. The fraction of sp³-hybridized carbons (Fsp3) is 0.286. The van der Waals surface area contributed by atoms with Gasteiger partial charge in [0.15, 0.2) is 0 Å². The first-order chi connectivity index (χ1) is 8.36. The van der Waals surface area contributed by atoms with Gasteiger partial charge in [-0.25, -0.2) is 9.37 Å². The van der Waals surface area contributed by atoms with Crippen LogP contribution >= 0.6 is 12.2 Å². The SMILES string of the molecule is CC(C)(C)c1nc(=S)cc(-c2ccc(F)cc2)[nH]1. The third-order valence-electron chi connectivity index (χ3n) is 2.61. The molecule has 0 fully saturated rings. The molecule has 0 aliphatic rings. The van der Waals surface area contributed by atoms with Crippen molar-refractivity contribution in [2.24, 2.45) is 0 Å². The number of aromatic amines is 1. The van der Waals surface area contributed by atoms with Crippen molar-refractivity contribution in [1.29, 1.82) is 0 Å². The standard InChI is InChI=1S/C14H15FN2S/c1-14(2,3)13-16-11(8-12(18)17-13)9-4-6-10(15)7-5-9/h4-8H,1-3H3,(H,16,17,18). The molecule has 0 amide bonds. The van der Waals surface area contributed by atoms with Crippen molar-refractivity contribution >= 4 is 12.2 Å². The van der Waals surface area contributed by atoms with Gasteiger partial charge in [0.05, 0.1) is 0 Å². The zero-order chi connectivity index (χ0) is 13.3. The minimum atomic E-state index is -0.248. The first-order valence-corrected chi connectivity index (χ1v) is 6.15. The summed E-state index contributed by atoms with van der Waals surface area (Å²) in [4.78, 5) is 7.59. The molecule has 0 radical (unpaired) electrons. The minimum Gasteiger partial charge on any atom is -0.343 e. The quantitative estimate of drug-likeness (QED) is 0.779. The number of rotatable bonds is 1. The van der Waals surface area contributed by atoms with Crippen molar-refractivity contribution in [3.8, 4) is 11.3 Å². The lowest BCUT2D eigenvalue weighted by molar-refractivity contribution is 0.545. The highest BCUT2D eigenvalue weighted by molar-refractivity contribution is 7.71. The van der Waals surface area contributed by atoms with Gasteiger partial charge in [-0.05, 0) is 35.9 Å². The number of nitrogens with zero attached hydrogens (tertiary/aromatic N) is 1. The molecule has 18 heavy (non-hydrogen) atoms. The van der Waals surface area contributed by atoms with E-state index >= 15 is 0 Å². The predicted molar refractivity (Wildman–Crippen MR) is 73.5 cm³/mol. The molecule has 2 rings (SSSR count). The summed E-state index contributed by atoms with van der Waals surface area (Å²) in [6, 6.07) is 8.11. The van der Waals surface area contributed by atoms with Gasteiger partial charge in [0.2, 0.25) is 0 Å². The Balaban J connectivity index is 2.55. The van der Waals surface area contributed by atoms with Crippen molar-refractivity contribution in [3.05, 3.63) is 46.6 Å². The summed E-state index contributed by atoms with van der Waals surface area (Å²) in [6.07, 6.45) is 0. The molecule has 2 nitrogen and oxygen atoms in total. The van der Waals surface area contributed by atoms with Crippen molar-refractivity contribution in [2.45, 2.75) is 26.2 Å². The Labute approximate surface area is 111 Å². The van der Waals surface area contributed by atoms with Crippen LogP contribution in [0.5, 0.6) is 0 Å². The molecule has 1 heterocycles. The summed E-state index contributed by atoms with van der Waals surface area (Å²) in [7, 11) is 0. The molecule has 0 aliphatic heterocycles. The van der Waals surface area contributed by atoms with Gasteiger partial charge in [0.1, 0.15) is 16.3 Å². The van der Waals surface area contributed by atoms with Gasteiger partial charge in [-0.1, -0.05) is 33.0 Å². The largest absolute Gasteiger partial charge is 0.343 e. The zero-order valence-electron chi connectivity index (χ0n) is 10.6. The molecule has 4 heteroatoms. The summed E-state index contributed by atoms with van der Waals surface area (Å²) in [5.74, 6) is 0.580. The summed E-state index contributed by atoms with van der Waals surface area (Å²) in [5.41, 5.74) is 1.65. The number of benzene rings is 1. The van der Waals surface area contributed by atoms with Gasteiger partial charge in [-0.2, -0.15) is 0 Å². The average molecular weight is 262 g/mol. The zero-order valence-corrected chi connectivity index (χ0v) is 11.4. The average Bonchev–Trinajstić information content (AvgIpc) is 2.28. The van der Waals surface area contributed by atoms with Crippen molar-refractivity contribution in [3.63, 3.8) is 0 Å². The summed E-state index contributed by atoms with van der Waals surface area (Å²) in [5, 5.41) is 0. The summed E-state index contributed by atoms with van der Waals surface area (Å²) < 4.78 is 13.4. The minimum absolute atomic E-state index is 0.108. The van der Waals surface area contributed by atoms with Gasteiger partial charge in [-0.15, -0.1) is 0 Å². The third-order valence-corrected chi connectivity index (χ3v) is 2.82. The molecule has 0 saturated heterocycles. The van der Waals surface area contributed by atoms with E-state index in [2.05, 4.69) is 30.7 Å². The van der Waals surface area contributed by atoms with Crippen LogP contribution in [0.15, 0.2) is 30.3 Å². The molecular formula is C14H15FN2S. The van der Waals surface area contributed by atoms with E-state index < -0.39 is 0 Å². The number of hydrogen-bond donors (Lipinski definition) is 1. The Morgan fingerprint density at radius 2 is 1.78 bits per heavy atom. The Hall–Kier alpha value is -1.55. The van der Waals surface area contributed by atoms with Gasteiger partial charge in [-0.3, -0.25) is 0 Å². The second-order valence-corrected chi connectivity index (χ2v) is 5.66. The van der Waals surface area contributed by atoms with Gasteiger partial charge >= 0.3 is 0 Å². The van der Waals surface area contributed by atoms with Crippen LogP contribution in [-0.4, -0.2) is 9.97 Å². The van der Waals surface area contributed by atoms with Crippen LogP contribution in [-0.2, 0) is 5.41 Å². The second kappa shape index (κ2) is 4.61. The lowest BCUT2D eigenvalue weighted by atomic mass is 9.95. The van der Waals surface area contributed by atoms with Crippen LogP contribution in [0.3, 0.4) is 0 Å². The molecule has 1 N–H and O–H groups in total. The molecule has 0 aliphatic carbocycles. The summed E-state index contributed by atoms with van der Waals surface area (Å²) >= 11 is 5.18. The molecule has 2 aromatic rings. The maximum Gasteiger partial charge on any atom is 0.130 e. The lowest BCUT2D eigenvalue weighted by Gasteiger charge is -2.18. The smallest absolute Gasteiger partial charge is 0.130 e. The molecule has 1 aromatic heterocycles. The maximum atomic E-state index is 12.9. The molecule has 94 valence electrons. The number of nitrogens with one attached hydrogen (secondary N) is 1. The first-order valence-electron chi connectivity index (χ1n) is 5.74. The molecule has 0 spiro atoms. The van der Waals surface area contributed by atoms with E-state index in [-0.39, 0.29) is 11.2 Å². The van der Waals surface area contributed by atoms with E-state index in [9.17, 15) is 4.39 Å². The van der Waals surface area contributed by atoms with Gasteiger partial charge in [0.25, 0.3) is 0 Å². The monoisotopic (exact) mass is 262 g/mol. The van der Waals surface area contributed by atoms with Crippen molar-refractivity contribution < 1.29 is 4.39 Å². The highest BCUT2D eigenvalue weighted by atomic mass is 32.1. The molecular weight excluding hydrogens is 247 g/mol. The lowest BCUT2D eigenvalue weighted by Crippen LogP contribution is -2.16. The van der Waals surface area contributed by atoms with Crippen LogP contribution in [0, 0.1) is 10.5 Å². The van der Waals surface area contributed by atoms with Gasteiger partial charge in [0, 0.05) is 11.1 Å². The number of hydrogen-bond acceptors (Lipinski definition) is 2. The van der Waals surface area contributed by atoms with Crippen LogP contribution in [0.2, 0.25) is 0 Å². The van der Waals surface area contributed by atoms with Crippen LogP contribution in [0.25, 0.3) is 11.3 Å². The molecule has 1 aromatic carbocycles. The Morgan fingerprint density at radius 1 is 1.17 bits per heavy atom. The fourth-order valence-corrected chi connectivity index (χ4v) is 1.81. The van der Waals surface area contributed by atoms with E-state index in [0.29, 0.717) is 4.64 Å². The summed E-state index contributed by atoms with van der Waals surface area (Å²) in [6.45, 7) is 6.19. The van der Waals surface area contributed by atoms with Crippen molar-refractivity contribution in [1.82, 2.24) is 9.97 Å². The van der Waals surface area contributed by atoms with E-state index in [1.54, 1.807) is 18.2 Å². The highest BCUT2D eigenvalue weighted by Crippen LogP contribution is 2.22. The molecule has 0 saturated carbocycles. The van der Waals surface area contributed by atoms with E-state index in [0.717, 1.165) is 17.1 Å². The first kappa shape index (κ1) is 12.9. The third kappa shape index (κ3) is 2.82. The van der Waals surface area contributed by atoms with Gasteiger partial charge < -0.3 is 4.98 Å². The molecule has 0 bridgehead atoms. The topological polar surface area (TPSA) is 28.7 Å². The highest BCUT2D eigenvalue weighted by Gasteiger charge is 2.17. The Morgan fingerprint density at radius 3 is 2.33 bits per heavy atom. The number of H-pyrrole nitrogens is 1. The fourth-order valence-electron chi connectivity index (χ4n) is 1.60. The van der Waals surface area contributed by atoms with Crippen LogP contribution in [0.4, 0.5) is 4.39 Å². The molecule has 0 unspecified atom stereocenters. The maximum absolute atomic E-state index is 12.9. The van der Waals surface area contributed by atoms with Crippen LogP contribution < -0.4 is 0 Å². The van der Waals surface area contributed by atoms with E-state index in [1.165, 1.54) is 12.1 Å². The number of aromatic nitrogens is 2. The second-order valence-electron chi connectivity index (χ2n) is 5.24. The predicted octanol–water partition coefficient (Wildman–Crippen LogP) is 4.24. The van der Waals surface area contributed by atoms with Crippen LogP contribution in [0.1, 0.15) is 26.6 Å². The Kier molecular flexibility index (Phi) is 3.30. The van der Waals surface area contributed by atoms with Crippen molar-refractivity contribution in [2.75, 3.05) is 0 Å². The molecule has 0 atom stereocenters.